The Bertz CT molecular complexity index is 566. The molecule has 0 amide bonds. The van der Waals surface area contributed by atoms with Gasteiger partial charge in [0.1, 0.15) is 16.7 Å². The average Bonchev–Trinajstić information content (AvgIpc) is 2.37. The number of halogens is 1. The number of nitrogens with zero attached hydrogens (tertiary/aromatic N) is 2. The molecule has 1 atom stereocenters. The summed E-state index contributed by atoms with van der Waals surface area (Å²) in [6.07, 6.45) is 0.886. The Kier molecular flexibility index (Phi) is 2.92. The molecule has 3 nitrogen and oxygen atoms in total. The van der Waals surface area contributed by atoms with Crippen LogP contribution in [0, 0.1) is 6.92 Å². The molecule has 92 valence electrons. The Morgan fingerprint density at radius 3 is 2.94 bits per heavy atom. The Labute approximate surface area is 111 Å². The summed E-state index contributed by atoms with van der Waals surface area (Å²) < 4.78 is 5.65. The van der Waals surface area contributed by atoms with Crippen LogP contribution in [0.5, 0.6) is 5.75 Å². The molecule has 3 rings (SSSR count). The minimum atomic E-state index is 0.173. The van der Waals surface area contributed by atoms with Gasteiger partial charge in [0.15, 0.2) is 0 Å². The van der Waals surface area contributed by atoms with Crippen LogP contribution in [0.2, 0.25) is 5.15 Å². The zero-order valence-electron chi connectivity index (χ0n) is 10.1. The molecule has 0 spiro atoms. The molecule has 1 aliphatic rings. The molecule has 2 heterocycles. The summed E-state index contributed by atoms with van der Waals surface area (Å²) in [7, 11) is 0. The van der Waals surface area contributed by atoms with Gasteiger partial charge in [-0.1, -0.05) is 29.8 Å². The predicted molar refractivity (Wildman–Crippen MR) is 70.2 cm³/mol. The third-order valence-corrected chi connectivity index (χ3v) is 3.30. The highest BCUT2D eigenvalue weighted by Crippen LogP contribution is 2.36. The number of fused-ring (bicyclic) bond motifs is 1. The largest absolute Gasteiger partial charge is 0.493 e. The molecule has 1 unspecified atom stereocenters. The van der Waals surface area contributed by atoms with Crippen molar-refractivity contribution in [1.82, 2.24) is 9.97 Å². The second-order valence-electron chi connectivity index (χ2n) is 4.42. The van der Waals surface area contributed by atoms with Crippen molar-refractivity contribution in [2.45, 2.75) is 19.3 Å². The van der Waals surface area contributed by atoms with E-state index in [0.29, 0.717) is 11.8 Å². The van der Waals surface area contributed by atoms with Gasteiger partial charge in [-0.2, -0.15) is 0 Å². The van der Waals surface area contributed by atoms with Crippen molar-refractivity contribution in [1.29, 1.82) is 0 Å². The summed E-state index contributed by atoms with van der Waals surface area (Å²) in [5.41, 5.74) is 2.04. The van der Waals surface area contributed by atoms with Gasteiger partial charge in [0.05, 0.1) is 12.5 Å². The van der Waals surface area contributed by atoms with E-state index in [-0.39, 0.29) is 5.92 Å². The van der Waals surface area contributed by atoms with Crippen LogP contribution in [0.25, 0.3) is 0 Å². The monoisotopic (exact) mass is 260 g/mol. The maximum Gasteiger partial charge on any atom is 0.138 e. The number of hydrogen-bond donors (Lipinski definition) is 0. The maximum atomic E-state index is 6.01. The Morgan fingerprint density at radius 1 is 1.28 bits per heavy atom. The van der Waals surface area contributed by atoms with Crippen LogP contribution < -0.4 is 4.74 Å². The summed E-state index contributed by atoms with van der Waals surface area (Å²) >= 11 is 6.01. The van der Waals surface area contributed by atoms with Crippen LogP contribution in [0.1, 0.15) is 29.4 Å². The first-order valence-corrected chi connectivity index (χ1v) is 6.34. The van der Waals surface area contributed by atoms with Crippen LogP contribution in [0.15, 0.2) is 30.3 Å². The number of aryl methyl sites for hydroxylation is 1. The van der Waals surface area contributed by atoms with E-state index in [1.54, 1.807) is 6.07 Å². The van der Waals surface area contributed by atoms with E-state index in [0.717, 1.165) is 29.3 Å². The third-order valence-electron chi connectivity index (χ3n) is 3.11. The highest BCUT2D eigenvalue weighted by molar-refractivity contribution is 6.29. The van der Waals surface area contributed by atoms with E-state index >= 15 is 0 Å². The highest BCUT2D eigenvalue weighted by atomic mass is 35.5. The molecule has 0 saturated carbocycles. The van der Waals surface area contributed by atoms with Gasteiger partial charge in [0, 0.05) is 11.3 Å². The van der Waals surface area contributed by atoms with Crippen LogP contribution in [0.4, 0.5) is 0 Å². The molecular formula is C14H13ClN2O. The lowest BCUT2D eigenvalue weighted by atomic mass is 9.92. The number of para-hydroxylation sites is 1. The second-order valence-corrected chi connectivity index (χ2v) is 4.81. The Balaban J connectivity index is 2.08. The van der Waals surface area contributed by atoms with Gasteiger partial charge in [-0.25, -0.2) is 9.97 Å². The second kappa shape index (κ2) is 4.58. The van der Waals surface area contributed by atoms with E-state index in [4.69, 9.17) is 16.3 Å². The van der Waals surface area contributed by atoms with Crippen molar-refractivity contribution < 1.29 is 4.74 Å². The number of hydrogen-bond acceptors (Lipinski definition) is 3. The van der Waals surface area contributed by atoms with E-state index in [9.17, 15) is 0 Å². The third kappa shape index (κ3) is 2.06. The smallest absolute Gasteiger partial charge is 0.138 e. The molecule has 0 N–H and O–H groups in total. The molecule has 0 bridgehead atoms. The molecule has 18 heavy (non-hydrogen) atoms. The van der Waals surface area contributed by atoms with Crippen molar-refractivity contribution in [3.05, 3.63) is 52.6 Å². The van der Waals surface area contributed by atoms with Crippen molar-refractivity contribution in [2.75, 3.05) is 6.61 Å². The van der Waals surface area contributed by atoms with E-state index in [1.807, 2.05) is 25.1 Å². The lowest BCUT2D eigenvalue weighted by Crippen LogP contribution is -2.17. The molecule has 4 heteroatoms. The van der Waals surface area contributed by atoms with Crippen LogP contribution in [0.3, 0.4) is 0 Å². The highest BCUT2D eigenvalue weighted by Gasteiger charge is 2.25. The first-order valence-electron chi connectivity index (χ1n) is 5.97. The molecular weight excluding hydrogens is 248 g/mol. The van der Waals surface area contributed by atoms with Crippen LogP contribution in [-0.2, 0) is 0 Å². The molecule has 1 aromatic carbocycles. The summed E-state index contributed by atoms with van der Waals surface area (Å²) in [5, 5.41) is 0.501. The fourth-order valence-corrected chi connectivity index (χ4v) is 2.56. The van der Waals surface area contributed by atoms with Crippen molar-refractivity contribution in [2.24, 2.45) is 0 Å². The molecule has 1 aromatic heterocycles. The molecule has 0 fully saturated rings. The number of rotatable bonds is 1. The van der Waals surface area contributed by atoms with Gasteiger partial charge in [0.2, 0.25) is 0 Å². The van der Waals surface area contributed by atoms with E-state index in [2.05, 4.69) is 16.0 Å². The zero-order chi connectivity index (χ0) is 12.5. The topological polar surface area (TPSA) is 35.0 Å². The molecule has 0 saturated heterocycles. The molecule has 1 aliphatic heterocycles. The van der Waals surface area contributed by atoms with Gasteiger partial charge in [-0.05, 0) is 25.5 Å². The molecule has 0 radical (unpaired) electrons. The maximum absolute atomic E-state index is 6.01. The van der Waals surface area contributed by atoms with Crippen molar-refractivity contribution >= 4 is 11.6 Å². The van der Waals surface area contributed by atoms with Gasteiger partial charge in [-0.15, -0.1) is 0 Å². The first kappa shape index (κ1) is 11.5. The van der Waals surface area contributed by atoms with Gasteiger partial charge < -0.3 is 4.74 Å². The van der Waals surface area contributed by atoms with Crippen LogP contribution >= 0.6 is 11.6 Å². The van der Waals surface area contributed by atoms with E-state index in [1.165, 1.54) is 0 Å². The minimum absolute atomic E-state index is 0.173. The summed E-state index contributed by atoms with van der Waals surface area (Å²) in [5.74, 6) is 1.89. The molecule has 2 aromatic rings. The fourth-order valence-electron chi connectivity index (χ4n) is 2.32. The fraction of sp³-hybridized carbons (Fsp3) is 0.286. The van der Waals surface area contributed by atoms with Gasteiger partial charge in [0.25, 0.3) is 0 Å². The summed E-state index contributed by atoms with van der Waals surface area (Å²) in [6, 6.07) is 9.82. The minimum Gasteiger partial charge on any atom is -0.493 e. The van der Waals surface area contributed by atoms with Crippen molar-refractivity contribution in [3.63, 3.8) is 0 Å². The van der Waals surface area contributed by atoms with Gasteiger partial charge in [-0.3, -0.25) is 0 Å². The number of ether oxygens (including phenoxy) is 1. The number of benzene rings is 1. The normalized spacial score (nSPS) is 18.0. The predicted octanol–water partition coefficient (Wildman–Crippen LogP) is 3.35. The lowest BCUT2D eigenvalue weighted by molar-refractivity contribution is 0.274. The number of aromatic nitrogens is 2. The summed E-state index contributed by atoms with van der Waals surface area (Å²) in [4.78, 5) is 8.86. The lowest BCUT2D eigenvalue weighted by Gasteiger charge is -2.24. The SMILES string of the molecule is Cc1cc(Cl)nc(C2CCOc3ccccc32)n1. The average molecular weight is 261 g/mol. The zero-order valence-corrected chi connectivity index (χ0v) is 10.8. The standard InChI is InChI=1S/C14H13ClN2O/c1-9-8-13(15)17-14(16-9)11-6-7-18-12-5-3-2-4-10(11)12/h2-5,8,11H,6-7H2,1H3. The van der Waals surface area contributed by atoms with Crippen LogP contribution in [-0.4, -0.2) is 16.6 Å². The Hall–Kier alpha value is -1.61. The quantitative estimate of drug-likeness (QED) is 0.738. The Morgan fingerprint density at radius 2 is 2.11 bits per heavy atom. The first-order chi connectivity index (χ1) is 8.74. The van der Waals surface area contributed by atoms with E-state index < -0.39 is 0 Å². The molecule has 0 aliphatic carbocycles. The summed E-state index contributed by atoms with van der Waals surface area (Å²) in [6.45, 7) is 2.62. The van der Waals surface area contributed by atoms with Crippen molar-refractivity contribution in [3.8, 4) is 5.75 Å². The van der Waals surface area contributed by atoms with Gasteiger partial charge >= 0.3 is 0 Å².